The second-order valence-corrected chi connectivity index (χ2v) is 12.3. The number of aromatic nitrogens is 1. The molecule has 6 nitrogen and oxygen atoms in total. The van der Waals surface area contributed by atoms with Gasteiger partial charge in [0.05, 0.1) is 11.9 Å². The number of pyridine rings is 1. The number of hydrogen-bond acceptors (Lipinski definition) is 4. The fourth-order valence-corrected chi connectivity index (χ4v) is 4.42. The first-order chi connectivity index (χ1) is 16.2. The molecule has 2 atom stereocenters. The zero-order valence-electron chi connectivity index (χ0n) is 20.0. The monoisotopic (exact) mass is 541 g/mol. The normalized spacial score (nSPS) is 20.4. The maximum absolute atomic E-state index is 14.3. The van der Waals surface area contributed by atoms with Crippen molar-refractivity contribution in [2.45, 2.75) is 57.2 Å². The van der Waals surface area contributed by atoms with Gasteiger partial charge in [-0.3, -0.25) is 14.7 Å². The first-order valence-corrected chi connectivity index (χ1v) is 12.9. The number of hydrogen-bond donors (Lipinski definition) is 1. The summed E-state index contributed by atoms with van der Waals surface area (Å²) in [7, 11) is -9.82. The molecule has 1 aromatic carbocycles. The fourth-order valence-electron chi connectivity index (χ4n) is 3.77. The number of amides is 2. The number of likely N-dealkylation sites (tertiary alicyclic amines) is 1. The molecule has 2 amide bonds. The number of benzene rings is 1. The van der Waals surface area contributed by atoms with Gasteiger partial charge in [0.25, 0.3) is 0 Å². The van der Waals surface area contributed by atoms with Crippen LogP contribution in [-0.2, 0) is 16.1 Å². The summed E-state index contributed by atoms with van der Waals surface area (Å²) in [6.07, 6.45) is 0.562. The minimum atomic E-state index is -9.82. The highest BCUT2D eigenvalue weighted by molar-refractivity contribution is 8.45. The Morgan fingerprint density at radius 3 is 2.33 bits per heavy atom. The van der Waals surface area contributed by atoms with Crippen LogP contribution >= 0.6 is 10.2 Å². The van der Waals surface area contributed by atoms with E-state index in [4.69, 9.17) is 4.74 Å². The number of halogens is 6. The van der Waals surface area contributed by atoms with Crippen LogP contribution in [0.25, 0.3) is 11.3 Å². The predicted molar refractivity (Wildman–Crippen MR) is 125 cm³/mol. The maximum atomic E-state index is 14.3. The third-order valence-corrected chi connectivity index (χ3v) is 6.59. The lowest BCUT2D eigenvalue weighted by Gasteiger charge is -2.40. The lowest BCUT2D eigenvalue weighted by molar-refractivity contribution is -0.125. The Labute approximate surface area is 206 Å². The van der Waals surface area contributed by atoms with E-state index in [-0.39, 0.29) is 42.8 Å². The summed E-state index contributed by atoms with van der Waals surface area (Å²) in [5.74, 6) is -1.28. The average molecular weight is 542 g/mol. The molecule has 2 aromatic rings. The number of carbonyl (C=O) groups is 2. The van der Waals surface area contributed by atoms with E-state index in [0.717, 1.165) is 18.3 Å². The summed E-state index contributed by atoms with van der Waals surface area (Å²) >= 11 is 0. The molecule has 202 valence electrons. The van der Waals surface area contributed by atoms with Gasteiger partial charge in [-0.05, 0) is 51.3 Å². The Hall–Kier alpha value is -2.96. The second kappa shape index (κ2) is 8.56. The lowest BCUT2D eigenvalue weighted by Crippen LogP contribution is -2.47. The smallest absolute Gasteiger partial charge is 0.410 e. The van der Waals surface area contributed by atoms with Gasteiger partial charge in [-0.1, -0.05) is 38.5 Å². The largest absolute Gasteiger partial charge is 0.444 e. The van der Waals surface area contributed by atoms with Crippen molar-refractivity contribution in [1.29, 1.82) is 0 Å². The maximum Gasteiger partial charge on any atom is 0.410 e. The van der Waals surface area contributed by atoms with Crippen LogP contribution < -0.4 is 5.32 Å². The van der Waals surface area contributed by atoms with E-state index < -0.39 is 44.6 Å². The highest BCUT2D eigenvalue weighted by Crippen LogP contribution is 3.02. The van der Waals surface area contributed by atoms with Crippen LogP contribution in [0.2, 0.25) is 0 Å². The summed E-state index contributed by atoms with van der Waals surface area (Å²) < 4.78 is 84.4. The van der Waals surface area contributed by atoms with Gasteiger partial charge in [0.15, 0.2) is 0 Å². The van der Waals surface area contributed by atoms with E-state index in [1.807, 2.05) is 6.92 Å². The molecule has 0 unspecified atom stereocenters. The Morgan fingerprint density at radius 1 is 1.17 bits per heavy atom. The van der Waals surface area contributed by atoms with E-state index in [1.165, 1.54) is 11.0 Å². The van der Waals surface area contributed by atoms with E-state index in [2.05, 4.69) is 10.3 Å². The van der Waals surface area contributed by atoms with Crippen molar-refractivity contribution in [2.75, 3.05) is 6.54 Å². The molecule has 36 heavy (non-hydrogen) atoms. The van der Waals surface area contributed by atoms with Gasteiger partial charge in [0.1, 0.15) is 22.4 Å². The summed E-state index contributed by atoms with van der Waals surface area (Å²) in [5, 5.41) is 2.57. The molecule has 1 N–H and O–H groups in total. The van der Waals surface area contributed by atoms with Gasteiger partial charge in [-0.2, -0.15) is 0 Å². The molecule has 2 heterocycles. The molecule has 0 radical (unpaired) electrons. The summed E-state index contributed by atoms with van der Waals surface area (Å²) in [6.45, 7) is 7.00. The molecule has 1 fully saturated rings. The third-order valence-electron chi connectivity index (χ3n) is 5.42. The predicted octanol–water partition coefficient (Wildman–Crippen LogP) is 7.05. The topological polar surface area (TPSA) is 71.5 Å². The van der Waals surface area contributed by atoms with Crippen LogP contribution in [0.3, 0.4) is 0 Å². The second-order valence-electron chi connectivity index (χ2n) is 9.86. The molecular weight excluding hydrogens is 512 g/mol. The van der Waals surface area contributed by atoms with Gasteiger partial charge in [0, 0.05) is 25.6 Å². The molecule has 0 spiro atoms. The van der Waals surface area contributed by atoms with Gasteiger partial charge in [0.2, 0.25) is 5.91 Å². The SMILES string of the molecule is C[C@@H]1C[C@@H](C(=O)NCc2cc(-c3ccc(S(F)(F)(F)(F)F)cc3)ncc2F)N(C(=O)OC(C)(C)C)C1.[HH]. The Morgan fingerprint density at radius 2 is 1.78 bits per heavy atom. The molecule has 0 bridgehead atoms. The van der Waals surface area contributed by atoms with Crippen molar-refractivity contribution in [2.24, 2.45) is 5.92 Å². The zero-order valence-corrected chi connectivity index (χ0v) is 20.9. The van der Waals surface area contributed by atoms with Crippen LogP contribution in [0, 0.1) is 11.7 Å². The van der Waals surface area contributed by atoms with Crippen molar-refractivity contribution in [3.8, 4) is 11.3 Å². The lowest BCUT2D eigenvalue weighted by atomic mass is 10.1. The molecule has 0 aliphatic carbocycles. The highest BCUT2D eigenvalue weighted by Gasteiger charge is 2.65. The van der Waals surface area contributed by atoms with Crippen LogP contribution in [0.5, 0.6) is 0 Å². The Bertz CT molecular complexity index is 1170. The molecule has 1 aromatic heterocycles. The Kier molecular flexibility index (Phi) is 6.57. The van der Waals surface area contributed by atoms with Crippen molar-refractivity contribution >= 4 is 22.2 Å². The molecule has 13 heteroatoms. The number of nitrogens with one attached hydrogen (secondary N) is 1. The minimum Gasteiger partial charge on any atom is -0.444 e. The molecule has 1 aliphatic heterocycles. The molecule has 1 saturated heterocycles. The molecule has 1 aliphatic rings. The van der Waals surface area contributed by atoms with Crippen LogP contribution in [0.15, 0.2) is 41.4 Å². The zero-order chi connectivity index (χ0) is 27.2. The van der Waals surface area contributed by atoms with Gasteiger partial charge in [-0.15, -0.1) is 0 Å². The highest BCUT2D eigenvalue weighted by atomic mass is 32.5. The van der Waals surface area contributed by atoms with Gasteiger partial charge >= 0.3 is 16.3 Å². The number of ether oxygens (including phenoxy) is 1. The number of carbonyl (C=O) groups excluding carboxylic acids is 2. The first kappa shape index (κ1) is 27.6. The first-order valence-electron chi connectivity index (χ1n) is 11.0. The van der Waals surface area contributed by atoms with Gasteiger partial charge < -0.3 is 10.1 Å². The molecule has 3 rings (SSSR count). The fraction of sp³-hybridized carbons (Fsp3) is 0.435. The van der Waals surface area contributed by atoms with E-state index in [9.17, 15) is 33.4 Å². The summed E-state index contributed by atoms with van der Waals surface area (Å²) in [5.41, 5.74) is -0.705. The van der Waals surface area contributed by atoms with E-state index >= 15 is 0 Å². The van der Waals surface area contributed by atoms with Crippen molar-refractivity contribution in [3.63, 3.8) is 0 Å². The van der Waals surface area contributed by atoms with E-state index in [0.29, 0.717) is 13.0 Å². The molecule has 0 saturated carbocycles. The summed E-state index contributed by atoms with van der Waals surface area (Å²) in [4.78, 5) is 28.4. The van der Waals surface area contributed by atoms with Crippen molar-refractivity contribution < 1.29 is 39.6 Å². The third kappa shape index (κ3) is 6.83. The summed E-state index contributed by atoms with van der Waals surface area (Å²) in [6, 6.07) is 2.50. The van der Waals surface area contributed by atoms with Crippen LogP contribution in [0.4, 0.5) is 28.6 Å². The Balaban J connectivity index is 0.00000481. The average Bonchev–Trinajstić information content (AvgIpc) is 3.12. The van der Waals surface area contributed by atoms with Crippen molar-refractivity contribution in [1.82, 2.24) is 15.2 Å². The van der Waals surface area contributed by atoms with Crippen molar-refractivity contribution in [3.05, 3.63) is 47.9 Å². The molecular formula is C23H29F6N3O3S. The minimum absolute atomic E-state index is 0. The van der Waals surface area contributed by atoms with Crippen LogP contribution in [0.1, 0.15) is 41.1 Å². The quantitative estimate of drug-likeness (QED) is 0.412. The van der Waals surface area contributed by atoms with Gasteiger partial charge in [-0.25, -0.2) is 9.18 Å². The van der Waals surface area contributed by atoms with E-state index in [1.54, 1.807) is 20.8 Å². The van der Waals surface area contributed by atoms with Crippen LogP contribution in [-0.4, -0.2) is 40.1 Å². The number of rotatable bonds is 5. The number of nitrogens with zero attached hydrogens (tertiary/aromatic N) is 2. The standard InChI is InChI=1S/C23H27F6N3O3S.H2/c1-14-9-20(32(13-14)22(34)35-23(2,3)4)21(33)31-11-16-10-19(30-12-18(16)24)15-5-7-17(8-6-15)36(25,26,27,28)29;/h5-8,10,12,14,20H,9,11,13H2,1-4H3,(H,31,33);1H/t14-,20+;/m1./s1.